The minimum absolute atomic E-state index is 0.0575. The van der Waals surface area contributed by atoms with Crippen LogP contribution in [0.5, 0.6) is 5.75 Å². The van der Waals surface area contributed by atoms with Gasteiger partial charge in [0.05, 0.1) is 19.2 Å². The van der Waals surface area contributed by atoms with Gasteiger partial charge in [0.25, 0.3) is 10.0 Å². The molecule has 1 atom stereocenters. The molecule has 0 radical (unpaired) electrons. The Kier molecular flexibility index (Phi) is 6.07. The Morgan fingerprint density at radius 3 is 2.83 bits per heavy atom. The predicted octanol–water partition coefficient (Wildman–Crippen LogP) is 2.85. The van der Waals surface area contributed by atoms with Gasteiger partial charge in [-0.15, -0.1) is 11.3 Å². The first-order valence-electron chi connectivity index (χ1n) is 9.91. The molecule has 1 saturated heterocycles. The summed E-state index contributed by atoms with van der Waals surface area (Å²) in [6.07, 6.45) is 3.77. The zero-order valence-electron chi connectivity index (χ0n) is 16.2. The lowest BCUT2D eigenvalue weighted by Crippen LogP contribution is -2.37. The zero-order valence-corrected chi connectivity index (χ0v) is 17.8. The van der Waals surface area contributed by atoms with Gasteiger partial charge in [-0.1, -0.05) is 24.6 Å². The first kappa shape index (κ1) is 20.2. The van der Waals surface area contributed by atoms with E-state index in [-0.39, 0.29) is 6.04 Å². The summed E-state index contributed by atoms with van der Waals surface area (Å²) in [6.45, 7) is 2.20. The van der Waals surface area contributed by atoms with Gasteiger partial charge < -0.3 is 15.8 Å². The monoisotopic (exact) mass is 434 g/mol. The fourth-order valence-electron chi connectivity index (χ4n) is 3.69. The number of nitrogens with two attached hydrogens (primary N) is 1. The predicted molar refractivity (Wildman–Crippen MR) is 115 cm³/mol. The van der Waals surface area contributed by atoms with Crippen LogP contribution in [-0.2, 0) is 16.6 Å². The van der Waals surface area contributed by atoms with Crippen LogP contribution in [0.15, 0.2) is 45.6 Å². The summed E-state index contributed by atoms with van der Waals surface area (Å²) >= 11 is 1.27. The molecule has 1 aromatic carbocycles. The largest absolute Gasteiger partial charge is 0.493 e. The minimum atomic E-state index is -3.39. The average Bonchev–Trinajstić information content (AvgIpc) is 3.23. The van der Waals surface area contributed by atoms with Crippen molar-refractivity contribution in [3.8, 4) is 5.75 Å². The summed E-state index contributed by atoms with van der Waals surface area (Å²) in [6, 6.07) is 11.5. The fourth-order valence-corrected chi connectivity index (χ4v) is 6.65. The number of sulfonamides is 1. The summed E-state index contributed by atoms with van der Waals surface area (Å²) < 4.78 is 33.2. The lowest BCUT2D eigenvalue weighted by Gasteiger charge is -2.26. The second-order valence-electron chi connectivity index (χ2n) is 7.26. The molecule has 1 aromatic heterocycles. The molecule has 2 aromatic rings. The van der Waals surface area contributed by atoms with Crippen LogP contribution in [0.2, 0.25) is 0 Å². The molecule has 0 bridgehead atoms. The van der Waals surface area contributed by atoms with E-state index in [1.807, 2.05) is 30.3 Å². The van der Waals surface area contributed by atoms with Gasteiger partial charge in [0.1, 0.15) is 9.96 Å². The molecule has 1 unspecified atom stereocenters. The molecule has 0 saturated carbocycles. The molecule has 2 aliphatic rings. The van der Waals surface area contributed by atoms with Crippen molar-refractivity contribution in [2.75, 3.05) is 19.7 Å². The number of aliphatic imine (C=N–C) groups is 1. The number of nitrogens with one attached hydrogen (secondary N) is 1. The summed E-state index contributed by atoms with van der Waals surface area (Å²) in [5.74, 6) is 1.22. The van der Waals surface area contributed by atoms with Crippen molar-refractivity contribution in [3.05, 3.63) is 46.8 Å². The first-order valence-corrected chi connectivity index (χ1v) is 12.2. The van der Waals surface area contributed by atoms with Crippen LogP contribution >= 0.6 is 11.3 Å². The van der Waals surface area contributed by atoms with Crippen molar-refractivity contribution in [2.24, 2.45) is 10.7 Å². The highest BCUT2D eigenvalue weighted by Crippen LogP contribution is 2.31. The molecule has 3 N–H and O–H groups in total. The topological polar surface area (TPSA) is 97.0 Å². The summed E-state index contributed by atoms with van der Waals surface area (Å²) in [5.41, 5.74) is 7.17. The van der Waals surface area contributed by atoms with Crippen LogP contribution in [0, 0.1) is 0 Å². The van der Waals surface area contributed by atoms with E-state index in [1.54, 1.807) is 10.4 Å². The van der Waals surface area contributed by atoms with Crippen molar-refractivity contribution in [1.82, 2.24) is 9.62 Å². The number of guanidine groups is 1. The van der Waals surface area contributed by atoms with Gasteiger partial charge in [0, 0.05) is 30.0 Å². The van der Waals surface area contributed by atoms with E-state index in [0.717, 1.165) is 41.9 Å². The SMILES string of the molecule is NC(=NCc1ccc(S(=O)(=O)N2CCCCC2)s1)NC1CCOc2ccccc21. The van der Waals surface area contributed by atoms with Gasteiger partial charge in [-0.3, -0.25) is 0 Å². The maximum atomic E-state index is 12.8. The Bertz CT molecular complexity index is 981. The molecule has 1 fully saturated rings. The normalized spacial score (nSPS) is 20.7. The number of rotatable bonds is 5. The summed E-state index contributed by atoms with van der Waals surface area (Å²) in [4.78, 5) is 5.29. The van der Waals surface area contributed by atoms with Crippen LogP contribution < -0.4 is 15.8 Å². The number of nitrogens with zero attached hydrogens (tertiary/aromatic N) is 2. The molecular formula is C20H26N4O3S2. The zero-order chi connectivity index (χ0) is 20.3. The van der Waals surface area contributed by atoms with Crippen molar-refractivity contribution >= 4 is 27.3 Å². The Morgan fingerprint density at radius 2 is 2.00 bits per heavy atom. The first-order chi connectivity index (χ1) is 14.0. The lowest BCUT2D eigenvalue weighted by atomic mass is 10.0. The number of hydrogen-bond acceptors (Lipinski definition) is 5. The van der Waals surface area contributed by atoms with E-state index < -0.39 is 10.0 Å². The van der Waals surface area contributed by atoms with Crippen molar-refractivity contribution in [2.45, 2.75) is 42.5 Å². The van der Waals surface area contributed by atoms with Gasteiger partial charge >= 0.3 is 0 Å². The highest BCUT2D eigenvalue weighted by molar-refractivity contribution is 7.91. The molecule has 0 aliphatic carbocycles. The number of para-hydroxylation sites is 1. The Hall–Kier alpha value is -2.10. The number of ether oxygens (including phenoxy) is 1. The van der Waals surface area contributed by atoms with Crippen molar-refractivity contribution in [1.29, 1.82) is 0 Å². The standard InChI is InChI=1S/C20H26N4O3S2/c21-20(23-17-10-13-27-18-7-3-2-6-16(17)18)22-14-15-8-9-19(28-15)29(25,26)24-11-4-1-5-12-24/h2-3,6-9,17H,1,4-5,10-14H2,(H3,21,22,23). The molecule has 2 aliphatic heterocycles. The van der Waals surface area contributed by atoms with Crippen LogP contribution in [0.3, 0.4) is 0 Å². The van der Waals surface area contributed by atoms with Gasteiger partial charge in [0.2, 0.25) is 0 Å². The molecule has 29 heavy (non-hydrogen) atoms. The maximum absolute atomic E-state index is 12.8. The van der Waals surface area contributed by atoms with Crippen molar-refractivity contribution in [3.63, 3.8) is 0 Å². The van der Waals surface area contributed by atoms with E-state index in [9.17, 15) is 8.42 Å². The second-order valence-corrected chi connectivity index (χ2v) is 10.6. The van der Waals surface area contributed by atoms with E-state index in [1.165, 1.54) is 11.3 Å². The smallest absolute Gasteiger partial charge is 0.252 e. The molecule has 9 heteroatoms. The molecule has 0 amide bonds. The number of fused-ring (bicyclic) bond motifs is 1. The third-order valence-corrected chi connectivity index (χ3v) is 8.67. The number of hydrogen-bond donors (Lipinski definition) is 2. The molecule has 3 heterocycles. The van der Waals surface area contributed by atoms with Gasteiger partial charge in [-0.25, -0.2) is 13.4 Å². The Morgan fingerprint density at radius 1 is 1.21 bits per heavy atom. The summed E-state index contributed by atoms with van der Waals surface area (Å²) in [7, 11) is -3.39. The lowest BCUT2D eigenvalue weighted by molar-refractivity contribution is 0.262. The van der Waals surface area contributed by atoms with Crippen LogP contribution in [0.25, 0.3) is 0 Å². The molecular weight excluding hydrogens is 408 g/mol. The number of benzene rings is 1. The van der Waals surface area contributed by atoms with E-state index >= 15 is 0 Å². The molecule has 7 nitrogen and oxygen atoms in total. The Labute approximate surface area is 175 Å². The van der Waals surface area contributed by atoms with Gasteiger partial charge in [-0.05, 0) is 31.0 Å². The van der Waals surface area contributed by atoms with Crippen LogP contribution in [0.1, 0.15) is 42.2 Å². The fraction of sp³-hybridized carbons (Fsp3) is 0.450. The van der Waals surface area contributed by atoms with Crippen molar-refractivity contribution < 1.29 is 13.2 Å². The average molecular weight is 435 g/mol. The van der Waals surface area contributed by atoms with E-state index in [4.69, 9.17) is 10.5 Å². The van der Waals surface area contributed by atoms with Gasteiger partial charge in [-0.2, -0.15) is 4.31 Å². The Balaban J connectivity index is 1.40. The minimum Gasteiger partial charge on any atom is -0.493 e. The number of piperidine rings is 1. The third kappa shape index (κ3) is 4.57. The number of thiophene rings is 1. The maximum Gasteiger partial charge on any atom is 0.252 e. The molecule has 156 valence electrons. The summed E-state index contributed by atoms with van der Waals surface area (Å²) in [5, 5.41) is 3.26. The van der Waals surface area contributed by atoms with Gasteiger partial charge in [0.15, 0.2) is 5.96 Å². The quantitative estimate of drug-likeness (QED) is 0.557. The molecule has 4 rings (SSSR count). The molecule has 0 spiro atoms. The highest BCUT2D eigenvalue weighted by atomic mass is 32.2. The second kappa shape index (κ2) is 8.73. The van der Waals surface area contributed by atoms with Crippen LogP contribution in [-0.4, -0.2) is 38.4 Å². The van der Waals surface area contributed by atoms with Crippen LogP contribution in [0.4, 0.5) is 0 Å². The third-order valence-electron chi connectivity index (χ3n) is 5.23. The van der Waals surface area contributed by atoms with E-state index in [0.29, 0.717) is 36.4 Å². The highest BCUT2D eigenvalue weighted by Gasteiger charge is 2.27. The van der Waals surface area contributed by atoms with E-state index in [2.05, 4.69) is 10.3 Å².